The van der Waals surface area contributed by atoms with E-state index in [4.69, 9.17) is 16.3 Å². The van der Waals surface area contributed by atoms with Crippen LogP contribution in [0.4, 0.5) is 0 Å². The summed E-state index contributed by atoms with van der Waals surface area (Å²) in [5.41, 5.74) is 1.33. The summed E-state index contributed by atoms with van der Waals surface area (Å²) >= 11 is 5.87. The minimum atomic E-state index is 0.499. The fourth-order valence-corrected chi connectivity index (χ4v) is 2.43. The summed E-state index contributed by atoms with van der Waals surface area (Å²) < 4.78 is 5.36. The molecular weight excluding hydrogens is 234 g/mol. The lowest BCUT2D eigenvalue weighted by Crippen LogP contribution is -2.41. The summed E-state index contributed by atoms with van der Waals surface area (Å²) in [6.45, 7) is 4.03. The Hall–Kier alpha value is -0.570. The van der Waals surface area contributed by atoms with Gasteiger partial charge in [0.15, 0.2) is 0 Å². The fraction of sp³-hybridized carbons (Fsp3) is 0.571. The van der Waals surface area contributed by atoms with Gasteiger partial charge in [-0.2, -0.15) is 0 Å². The number of rotatable bonds is 4. The molecular formula is C14H20ClNO. The first-order valence-electron chi connectivity index (χ1n) is 6.32. The summed E-state index contributed by atoms with van der Waals surface area (Å²) in [4.78, 5) is 0. The molecule has 1 heterocycles. The maximum absolute atomic E-state index is 5.87. The second-order valence-corrected chi connectivity index (χ2v) is 5.22. The summed E-state index contributed by atoms with van der Waals surface area (Å²) in [5.74, 6) is 0. The van der Waals surface area contributed by atoms with Crippen LogP contribution in [0.2, 0.25) is 5.02 Å². The van der Waals surface area contributed by atoms with Crippen LogP contribution < -0.4 is 5.32 Å². The third-order valence-electron chi connectivity index (χ3n) is 3.20. The minimum Gasteiger partial charge on any atom is -0.381 e. The number of hydrogen-bond donors (Lipinski definition) is 1. The highest BCUT2D eigenvalue weighted by Gasteiger charge is 2.15. The Balaban J connectivity index is 1.79. The first kappa shape index (κ1) is 12.9. The first-order chi connectivity index (χ1) is 8.24. The number of hydrogen-bond acceptors (Lipinski definition) is 2. The number of nitrogens with one attached hydrogen (secondary N) is 1. The average molecular weight is 254 g/mol. The molecule has 0 aromatic heterocycles. The second kappa shape index (κ2) is 6.39. The zero-order chi connectivity index (χ0) is 12.1. The predicted molar refractivity (Wildman–Crippen MR) is 71.6 cm³/mol. The van der Waals surface area contributed by atoms with Gasteiger partial charge in [0.25, 0.3) is 0 Å². The summed E-state index contributed by atoms with van der Waals surface area (Å²) in [6.07, 6.45) is 3.31. The van der Waals surface area contributed by atoms with Crippen molar-refractivity contribution >= 4 is 11.6 Å². The molecule has 1 atom stereocenters. The van der Waals surface area contributed by atoms with Gasteiger partial charge in [-0.25, -0.2) is 0 Å². The van der Waals surface area contributed by atoms with Crippen LogP contribution in [0.3, 0.4) is 0 Å². The van der Waals surface area contributed by atoms with Crippen molar-refractivity contribution in [2.75, 3.05) is 13.2 Å². The highest BCUT2D eigenvalue weighted by atomic mass is 35.5. The van der Waals surface area contributed by atoms with Crippen molar-refractivity contribution in [2.45, 2.75) is 38.3 Å². The SMILES string of the molecule is CC(Cc1ccc(Cl)cc1)NC1CCOCC1. The van der Waals surface area contributed by atoms with Gasteiger partial charge < -0.3 is 10.1 Å². The summed E-state index contributed by atoms with van der Waals surface area (Å²) in [5, 5.41) is 4.47. The van der Waals surface area contributed by atoms with E-state index in [1.165, 1.54) is 5.56 Å². The highest BCUT2D eigenvalue weighted by molar-refractivity contribution is 6.30. The standard InChI is InChI=1S/C14H20ClNO/c1-11(16-14-6-8-17-9-7-14)10-12-2-4-13(15)5-3-12/h2-5,11,14,16H,6-10H2,1H3. The lowest BCUT2D eigenvalue weighted by molar-refractivity contribution is 0.0755. The smallest absolute Gasteiger partial charge is 0.0480 e. The van der Waals surface area contributed by atoms with Crippen LogP contribution in [0.15, 0.2) is 24.3 Å². The van der Waals surface area contributed by atoms with Gasteiger partial charge in [-0.1, -0.05) is 23.7 Å². The summed E-state index contributed by atoms with van der Waals surface area (Å²) in [7, 11) is 0. The lowest BCUT2D eigenvalue weighted by Gasteiger charge is -2.26. The molecule has 0 amide bonds. The van der Waals surface area contributed by atoms with E-state index in [0.29, 0.717) is 12.1 Å². The van der Waals surface area contributed by atoms with Crippen molar-refractivity contribution in [3.05, 3.63) is 34.9 Å². The van der Waals surface area contributed by atoms with Crippen LogP contribution in [0.5, 0.6) is 0 Å². The third kappa shape index (κ3) is 4.30. The van der Waals surface area contributed by atoms with Gasteiger partial charge in [-0.05, 0) is 43.9 Å². The molecule has 0 saturated carbocycles. The van der Waals surface area contributed by atoms with Crippen molar-refractivity contribution in [1.82, 2.24) is 5.32 Å². The van der Waals surface area contributed by atoms with Crippen LogP contribution in [-0.2, 0) is 11.2 Å². The molecule has 0 spiro atoms. The van der Waals surface area contributed by atoms with E-state index in [9.17, 15) is 0 Å². The number of ether oxygens (including phenoxy) is 1. The maximum atomic E-state index is 5.87. The third-order valence-corrected chi connectivity index (χ3v) is 3.45. The Morgan fingerprint density at radius 2 is 1.94 bits per heavy atom. The average Bonchev–Trinajstić information content (AvgIpc) is 2.33. The van der Waals surface area contributed by atoms with E-state index in [0.717, 1.165) is 37.5 Å². The molecule has 1 aliphatic rings. The Morgan fingerprint density at radius 3 is 2.59 bits per heavy atom. The molecule has 17 heavy (non-hydrogen) atoms. The van der Waals surface area contributed by atoms with Gasteiger partial charge >= 0.3 is 0 Å². The lowest BCUT2D eigenvalue weighted by atomic mass is 10.0. The molecule has 0 radical (unpaired) electrons. The van der Waals surface area contributed by atoms with Crippen molar-refractivity contribution in [1.29, 1.82) is 0 Å². The molecule has 1 aromatic carbocycles. The van der Waals surface area contributed by atoms with E-state index < -0.39 is 0 Å². The Morgan fingerprint density at radius 1 is 1.29 bits per heavy atom. The maximum Gasteiger partial charge on any atom is 0.0480 e. The van der Waals surface area contributed by atoms with Crippen LogP contribution in [0, 0.1) is 0 Å². The predicted octanol–water partition coefficient (Wildman–Crippen LogP) is 3.04. The van der Waals surface area contributed by atoms with Crippen LogP contribution >= 0.6 is 11.6 Å². The van der Waals surface area contributed by atoms with E-state index in [2.05, 4.69) is 24.4 Å². The minimum absolute atomic E-state index is 0.499. The zero-order valence-electron chi connectivity index (χ0n) is 10.3. The van der Waals surface area contributed by atoms with Crippen LogP contribution in [0.1, 0.15) is 25.3 Å². The highest BCUT2D eigenvalue weighted by Crippen LogP contribution is 2.12. The van der Waals surface area contributed by atoms with Gasteiger partial charge in [-0.3, -0.25) is 0 Å². The molecule has 94 valence electrons. The molecule has 2 nitrogen and oxygen atoms in total. The Kier molecular flexibility index (Phi) is 4.84. The first-order valence-corrected chi connectivity index (χ1v) is 6.70. The van der Waals surface area contributed by atoms with E-state index >= 15 is 0 Å². The van der Waals surface area contributed by atoms with E-state index in [1.54, 1.807) is 0 Å². The van der Waals surface area contributed by atoms with E-state index in [1.807, 2.05) is 12.1 Å². The monoisotopic (exact) mass is 253 g/mol. The quantitative estimate of drug-likeness (QED) is 0.891. The zero-order valence-corrected chi connectivity index (χ0v) is 11.0. The van der Waals surface area contributed by atoms with Crippen molar-refractivity contribution in [3.8, 4) is 0 Å². The summed E-state index contributed by atoms with van der Waals surface area (Å²) in [6, 6.07) is 9.23. The normalized spacial score (nSPS) is 19.2. The van der Waals surface area contributed by atoms with Gasteiger partial charge in [-0.15, -0.1) is 0 Å². The van der Waals surface area contributed by atoms with Gasteiger partial charge in [0, 0.05) is 30.3 Å². The molecule has 1 aromatic rings. The van der Waals surface area contributed by atoms with Crippen molar-refractivity contribution in [3.63, 3.8) is 0 Å². The molecule has 1 saturated heterocycles. The molecule has 3 heteroatoms. The fourth-order valence-electron chi connectivity index (χ4n) is 2.30. The topological polar surface area (TPSA) is 21.3 Å². The molecule has 1 fully saturated rings. The van der Waals surface area contributed by atoms with Gasteiger partial charge in [0.2, 0.25) is 0 Å². The number of halogens is 1. The Labute approximate surface area is 108 Å². The van der Waals surface area contributed by atoms with Gasteiger partial charge in [0.05, 0.1) is 0 Å². The molecule has 1 N–H and O–H groups in total. The van der Waals surface area contributed by atoms with E-state index in [-0.39, 0.29) is 0 Å². The van der Waals surface area contributed by atoms with Crippen LogP contribution in [0.25, 0.3) is 0 Å². The molecule has 2 rings (SSSR count). The molecule has 0 aliphatic carbocycles. The van der Waals surface area contributed by atoms with Crippen molar-refractivity contribution in [2.24, 2.45) is 0 Å². The van der Waals surface area contributed by atoms with Crippen LogP contribution in [-0.4, -0.2) is 25.3 Å². The molecule has 1 aliphatic heterocycles. The molecule has 1 unspecified atom stereocenters. The van der Waals surface area contributed by atoms with Crippen molar-refractivity contribution < 1.29 is 4.74 Å². The second-order valence-electron chi connectivity index (χ2n) is 4.78. The van der Waals surface area contributed by atoms with Gasteiger partial charge in [0.1, 0.15) is 0 Å². The largest absolute Gasteiger partial charge is 0.381 e. The number of benzene rings is 1. The molecule has 0 bridgehead atoms. The Bertz CT molecular complexity index is 333.